The van der Waals surface area contributed by atoms with E-state index in [2.05, 4.69) is 21.2 Å². The van der Waals surface area contributed by atoms with Crippen LogP contribution in [0.3, 0.4) is 0 Å². The maximum absolute atomic E-state index is 13.5. The van der Waals surface area contributed by atoms with Gasteiger partial charge in [0.15, 0.2) is 0 Å². The Morgan fingerprint density at radius 3 is 2.27 bits per heavy atom. The van der Waals surface area contributed by atoms with Crippen LogP contribution in [0.2, 0.25) is 0 Å². The molecule has 1 atom stereocenters. The van der Waals surface area contributed by atoms with Crippen molar-refractivity contribution in [3.63, 3.8) is 0 Å². The molecule has 2 amide bonds. The Morgan fingerprint density at radius 2 is 1.73 bits per heavy atom. The second-order valence-electron chi connectivity index (χ2n) is 9.11. The Hall–Kier alpha value is -2.39. The first kappa shape index (κ1) is 26.9. The minimum absolute atomic E-state index is 0.181. The summed E-state index contributed by atoms with van der Waals surface area (Å²) in [5.41, 5.74) is 1.75. The van der Waals surface area contributed by atoms with Gasteiger partial charge in [-0.15, -0.1) is 0 Å². The summed E-state index contributed by atoms with van der Waals surface area (Å²) in [6, 6.07) is 13.5. The van der Waals surface area contributed by atoms with Crippen LogP contribution in [-0.2, 0) is 26.2 Å². The molecule has 1 N–H and O–H groups in total. The van der Waals surface area contributed by atoms with Gasteiger partial charge in [-0.2, -0.15) is 0 Å². The quantitative estimate of drug-likeness (QED) is 0.553. The van der Waals surface area contributed by atoms with E-state index in [1.165, 1.54) is 4.90 Å². The highest BCUT2D eigenvalue weighted by Gasteiger charge is 2.31. The third kappa shape index (κ3) is 7.85. The molecule has 0 saturated carbocycles. The minimum atomic E-state index is -3.75. The van der Waals surface area contributed by atoms with Crippen molar-refractivity contribution >= 4 is 43.5 Å². The molecule has 9 heteroatoms. The number of amides is 2. The van der Waals surface area contributed by atoms with E-state index < -0.39 is 34.1 Å². The highest BCUT2D eigenvalue weighted by molar-refractivity contribution is 9.10. The second kappa shape index (κ2) is 10.7. The molecule has 0 aliphatic heterocycles. The van der Waals surface area contributed by atoms with Gasteiger partial charge >= 0.3 is 0 Å². The Balaban J connectivity index is 2.42. The molecule has 0 bridgehead atoms. The van der Waals surface area contributed by atoms with Gasteiger partial charge in [-0.1, -0.05) is 46.3 Å². The molecule has 2 aromatic rings. The van der Waals surface area contributed by atoms with Crippen LogP contribution in [-0.4, -0.2) is 49.5 Å². The van der Waals surface area contributed by atoms with Gasteiger partial charge < -0.3 is 10.2 Å². The number of halogens is 1. The van der Waals surface area contributed by atoms with E-state index in [-0.39, 0.29) is 12.5 Å². The third-order valence-electron chi connectivity index (χ3n) is 5.04. The number of carbonyl (C=O) groups excluding carboxylic acids is 2. The Kier molecular flexibility index (Phi) is 8.70. The standard InChI is InChI=1S/C24H32BrN3O4S/c1-17-10-7-8-11-19(17)15-27(18(2)23(30)26-24(3,4)5)22(29)16-28(33(6,31)32)21-13-9-12-20(25)14-21/h7-14,18H,15-16H2,1-6H3,(H,26,30)/t18-/m1/s1. The molecular weight excluding hydrogens is 506 g/mol. The predicted molar refractivity (Wildman–Crippen MR) is 135 cm³/mol. The predicted octanol–water partition coefficient (Wildman–Crippen LogP) is 3.86. The normalized spacial score (nSPS) is 12.7. The summed E-state index contributed by atoms with van der Waals surface area (Å²) < 4.78 is 26.9. The van der Waals surface area contributed by atoms with Gasteiger partial charge in [-0.3, -0.25) is 13.9 Å². The van der Waals surface area contributed by atoms with Crippen molar-refractivity contribution in [1.82, 2.24) is 10.2 Å². The largest absolute Gasteiger partial charge is 0.350 e. The van der Waals surface area contributed by atoms with Crippen molar-refractivity contribution in [2.24, 2.45) is 0 Å². The monoisotopic (exact) mass is 537 g/mol. The number of sulfonamides is 1. The Bertz CT molecular complexity index is 1110. The molecule has 2 aromatic carbocycles. The van der Waals surface area contributed by atoms with Crippen LogP contribution in [0.1, 0.15) is 38.8 Å². The number of hydrogen-bond acceptors (Lipinski definition) is 4. The molecule has 0 spiro atoms. The number of nitrogens with one attached hydrogen (secondary N) is 1. The molecule has 0 heterocycles. The summed E-state index contributed by atoms with van der Waals surface area (Å²) in [6.45, 7) is 8.94. The van der Waals surface area contributed by atoms with Crippen LogP contribution in [0.25, 0.3) is 0 Å². The first-order chi connectivity index (χ1) is 15.2. The zero-order valence-electron chi connectivity index (χ0n) is 19.9. The van der Waals surface area contributed by atoms with Crippen LogP contribution < -0.4 is 9.62 Å². The molecule has 0 radical (unpaired) electrons. The van der Waals surface area contributed by atoms with Crippen LogP contribution in [0, 0.1) is 6.92 Å². The summed E-state index contributed by atoms with van der Waals surface area (Å²) in [5.74, 6) is -0.780. The average Bonchev–Trinajstić information content (AvgIpc) is 2.68. The molecule has 7 nitrogen and oxygen atoms in total. The first-order valence-electron chi connectivity index (χ1n) is 10.6. The number of carbonyl (C=O) groups is 2. The van der Waals surface area contributed by atoms with Crippen molar-refractivity contribution in [1.29, 1.82) is 0 Å². The van der Waals surface area contributed by atoms with Crippen LogP contribution in [0.4, 0.5) is 5.69 Å². The van der Waals surface area contributed by atoms with E-state index in [0.717, 1.165) is 21.7 Å². The maximum Gasteiger partial charge on any atom is 0.244 e. The Morgan fingerprint density at radius 1 is 1.09 bits per heavy atom. The summed E-state index contributed by atoms with van der Waals surface area (Å²) in [7, 11) is -3.75. The van der Waals surface area contributed by atoms with Crippen LogP contribution in [0.5, 0.6) is 0 Å². The van der Waals surface area contributed by atoms with Gasteiger partial charge in [-0.05, 0) is 63.9 Å². The third-order valence-corrected chi connectivity index (χ3v) is 6.68. The highest BCUT2D eigenvalue weighted by atomic mass is 79.9. The molecule has 0 aliphatic rings. The van der Waals surface area contributed by atoms with Crippen LogP contribution in [0.15, 0.2) is 53.0 Å². The lowest BCUT2D eigenvalue weighted by Gasteiger charge is -2.33. The van der Waals surface area contributed by atoms with Crippen molar-refractivity contribution in [3.05, 3.63) is 64.1 Å². The molecule has 0 aliphatic carbocycles. The lowest BCUT2D eigenvalue weighted by Crippen LogP contribution is -2.54. The summed E-state index contributed by atoms with van der Waals surface area (Å²) in [4.78, 5) is 27.9. The summed E-state index contributed by atoms with van der Waals surface area (Å²) >= 11 is 3.34. The van der Waals surface area contributed by atoms with Gasteiger partial charge in [0.2, 0.25) is 21.8 Å². The van der Waals surface area contributed by atoms with Gasteiger partial charge in [0.25, 0.3) is 0 Å². The number of aryl methyl sites for hydroxylation is 1. The first-order valence-corrected chi connectivity index (χ1v) is 13.2. The molecular formula is C24H32BrN3O4S. The maximum atomic E-state index is 13.5. The van der Waals surface area contributed by atoms with Crippen molar-refractivity contribution < 1.29 is 18.0 Å². The number of anilines is 1. The molecule has 0 unspecified atom stereocenters. The van der Waals surface area contributed by atoms with Gasteiger partial charge in [0, 0.05) is 16.6 Å². The fraction of sp³-hybridized carbons (Fsp3) is 0.417. The minimum Gasteiger partial charge on any atom is -0.350 e. The smallest absolute Gasteiger partial charge is 0.244 e. The summed E-state index contributed by atoms with van der Waals surface area (Å²) in [6.07, 6.45) is 1.06. The SMILES string of the molecule is Cc1ccccc1CN(C(=O)CN(c1cccc(Br)c1)S(C)(=O)=O)[C@H](C)C(=O)NC(C)(C)C. The fourth-order valence-electron chi connectivity index (χ4n) is 3.27. The van der Waals surface area contributed by atoms with E-state index >= 15 is 0 Å². The molecule has 2 rings (SSSR count). The topological polar surface area (TPSA) is 86.8 Å². The Labute approximate surface area is 205 Å². The van der Waals surface area contributed by atoms with E-state index in [4.69, 9.17) is 0 Å². The lowest BCUT2D eigenvalue weighted by atomic mass is 10.1. The molecule has 0 fully saturated rings. The van der Waals surface area contributed by atoms with Gasteiger partial charge in [0.05, 0.1) is 11.9 Å². The number of nitrogens with zero attached hydrogens (tertiary/aromatic N) is 2. The highest BCUT2D eigenvalue weighted by Crippen LogP contribution is 2.23. The summed E-state index contributed by atoms with van der Waals surface area (Å²) in [5, 5.41) is 2.91. The molecule has 0 saturated heterocycles. The number of hydrogen-bond donors (Lipinski definition) is 1. The second-order valence-corrected chi connectivity index (χ2v) is 11.9. The van der Waals surface area contributed by atoms with Crippen molar-refractivity contribution in [2.75, 3.05) is 17.1 Å². The average molecular weight is 539 g/mol. The van der Waals surface area contributed by atoms with E-state index in [1.54, 1.807) is 31.2 Å². The van der Waals surface area contributed by atoms with Crippen molar-refractivity contribution in [3.8, 4) is 0 Å². The van der Waals surface area contributed by atoms with Crippen molar-refractivity contribution in [2.45, 2.75) is 52.7 Å². The zero-order valence-corrected chi connectivity index (χ0v) is 22.3. The lowest BCUT2D eigenvalue weighted by molar-refractivity contribution is -0.140. The van der Waals surface area contributed by atoms with Gasteiger partial charge in [0.1, 0.15) is 12.6 Å². The molecule has 0 aromatic heterocycles. The zero-order chi connectivity index (χ0) is 25.0. The van der Waals surface area contributed by atoms with Crippen LogP contribution >= 0.6 is 15.9 Å². The van der Waals surface area contributed by atoms with E-state index in [0.29, 0.717) is 10.2 Å². The number of benzene rings is 2. The van der Waals surface area contributed by atoms with E-state index in [1.807, 2.05) is 52.0 Å². The molecule has 33 heavy (non-hydrogen) atoms. The van der Waals surface area contributed by atoms with E-state index in [9.17, 15) is 18.0 Å². The fourth-order valence-corrected chi connectivity index (χ4v) is 4.50. The van der Waals surface area contributed by atoms with Gasteiger partial charge in [-0.25, -0.2) is 8.42 Å². The molecule has 180 valence electrons. The number of rotatable bonds is 8.